The van der Waals surface area contributed by atoms with Crippen LogP contribution in [0.1, 0.15) is 27.2 Å². The summed E-state index contributed by atoms with van der Waals surface area (Å²) < 4.78 is 0. The monoisotopic (exact) mass is 174 g/mol. The van der Waals surface area contributed by atoms with Crippen LogP contribution in [0, 0.1) is 0 Å². The minimum atomic E-state index is -0.0576. The average molecular weight is 174 g/mol. The highest BCUT2D eigenvalue weighted by atomic mass is 16.3. The highest BCUT2D eigenvalue weighted by molar-refractivity contribution is 4.66. The Balaban J connectivity index is 3.58. The van der Waals surface area contributed by atoms with Crippen molar-refractivity contribution < 1.29 is 5.11 Å². The van der Waals surface area contributed by atoms with E-state index >= 15 is 0 Å². The second-order valence-corrected chi connectivity index (χ2v) is 3.45. The molecule has 0 aromatic rings. The van der Waals surface area contributed by atoms with Crippen molar-refractivity contribution in [1.29, 1.82) is 0 Å². The highest BCUT2D eigenvalue weighted by Gasteiger charge is 2.08. The molecule has 0 aliphatic heterocycles. The van der Waals surface area contributed by atoms with Crippen molar-refractivity contribution >= 4 is 0 Å². The molecule has 3 heteroatoms. The Morgan fingerprint density at radius 2 is 2.00 bits per heavy atom. The molecule has 0 saturated carbocycles. The molecule has 0 spiro atoms. The van der Waals surface area contributed by atoms with Crippen molar-refractivity contribution in [3.05, 3.63) is 0 Å². The van der Waals surface area contributed by atoms with Gasteiger partial charge in [0.15, 0.2) is 0 Å². The van der Waals surface area contributed by atoms with Crippen molar-refractivity contribution in [2.24, 2.45) is 5.73 Å². The molecular weight excluding hydrogens is 152 g/mol. The van der Waals surface area contributed by atoms with Gasteiger partial charge in [-0.05, 0) is 33.4 Å². The second-order valence-electron chi connectivity index (χ2n) is 3.45. The molecule has 0 aromatic heterocycles. The number of nitrogens with zero attached hydrogens (tertiary/aromatic N) is 1. The lowest BCUT2D eigenvalue weighted by atomic mass is 10.2. The van der Waals surface area contributed by atoms with E-state index in [0.29, 0.717) is 6.04 Å². The van der Waals surface area contributed by atoms with Gasteiger partial charge < -0.3 is 15.7 Å². The summed E-state index contributed by atoms with van der Waals surface area (Å²) in [6, 6.07) is 0.513. The Kier molecular flexibility index (Phi) is 6.34. The second kappa shape index (κ2) is 6.40. The zero-order valence-corrected chi connectivity index (χ0v) is 8.45. The van der Waals surface area contributed by atoms with E-state index in [0.717, 1.165) is 19.5 Å². The number of hydrogen-bond donors (Lipinski definition) is 2. The predicted molar refractivity (Wildman–Crippen MR) is 52.1 cm³/mol. The highest BCUT2D eigenvalue weighted by Crippen LogP contribution is 1.99. The first kappa shape index (κ1) is 11.9. The molecule has 3 N–H and O–H groups in total. The van der Waals surface area contributed by atoms with Crippen LogP contribution in [0.3, 0.4) is 0 Å². The third kappa shape index (κ3) is 4.70. The normalized spacial score (nSPS) is 14.2. The van der Waals surface area contributed by atoms with Gasteiger partial charge in [-0.3, -0.25) is 0 Å². The van der Waals surface area contributed by atoms with Crippen molar-refractivity contribution in [2.75, 3.05) is 19.7 Å². The van der Waals surface area contributed by atoms with Gasteiger partial charge in [0.1, 0.15) is 0 Å². The van der Waals surface area contributed by atoms with Gasteiger partial charge in [0.05, 0.1) is 6.61 Å². The van der Waals surface area contributed by atoms with Crippen LogP contribution in [0.4, 0.5) is 0 Å². The zero-order valence-electron chi connectivity index (χ0n) is 8.45. The van der Waals surface area contributed by atoms with E-state index in [2.05, 4.69) is 25.7 Å². The standard InChI is InChI=1S/C9H22N2O/c1-4-11(8(2)3)6-5-9(10)7-12/h8-9,12H,4-7,10H2,1-3H3. The van der Waals surface area contributed by atoms with Crippen LogP contribution in [-0.4, -0.2) is 41.8 Å². The molecule has 0 amide bonds. The van der Waals surface area contributed by atoms with Gasteiger partial charge in [-0.15, -0.1) is 0 Å². The molecule has 0 heterocycles. The molecule has 0 rings (SSSR count). The van der Waals surface area contributed by atoms with Gasteiger partial charge >= 0.3 is 0 Å². The third-order valence-corrected chi connectivity index (χ3v) is 2.16. The SMILES string of the molecule is CCN(CCC(N)CO)C(C)C. The lowest BCUT2D eigenvalue weighted by molar-refractivity contribution is 0.202. The Morgan fingerprint density at radius 1 is 1.42 bits per heavy atom. The Bertz CT molecular complexity index is 107. The summed E-state index contributed by atoms with van der Waals surface area (Å²) in [6.07, 6.45) is 0.878. The molecule has 12 heavy (non-hydrogen) atoms. The van der Waals surface area contributed by atoms with Crippen LogP contribution in [0.5, 0.6) is 0 Å². The first-order chi connectivity index (χ1) is 5.61. The molecule has 0 aliphatic carbocycles. The number of nitrogens with two attached hydrogens (primary N) is 1. The largest absolute Gasteiger partial charge is 0.395 e. The molecule has 74 valence electrons. The van der Waals surface area contributed by atoms with Crippen molar-refractivity contribution in [1.82, 2.24) is 4.90 Å². The van der Waals surface area contributed by atoms with Gasteiger partial charge in [0, 0.05) is 12.1 Å². The molecular formula is C9H22N2O. The topological polar surface area (TPSA) is 49.5 Å². The fourth-order valence-corrected chi connectivity index (χ4v) is 1.20. The maximum Gasteiger partial charge on any atom is 0.0583 e. The van der Waals surface area contributed by atoms with E-state index in [1.54, 1.807) is 0 Å². The molecule has 0 saturated heterocycles. The average Bonchev–Trinajstić information content (AvgIpc) is 2.04. The molecule has 3 nitrogen and oxygen atoms in total. The maximum atomic E-state index is 8.72. The number of rotatable bonds is 6. The maximum absolute atomic E-state index is 8.72. The van der Waals surface area contributed by atoms with Crippen molar-refractivity contribution in [3.8, 4) is 0 Å². The van der Waals surface area contributed by atoms with Gasteiger partial charge in [-0.1, -0.05) is 6.92 Å². The van der Waals surface area contributed by atoms with E-state index in [4.69, 9.17) is 10.8 Å². The van der Waals surface area contributed by atoms with E-state index in [9.17, 15) is 0 Å². The van der Waals surface area contributed by atoms with E-state index in [-0.39, 0.29) is 12.6 Å². The van der Waals surface area contributed by atoms with Crippen LogP contribution in [0.25, 0.3) is 0 Å². The molecule has 1 unspecified atom stereocenters. The Hall–Kier alpha value is -0.120. The van der Waals surface area contributed by atoms with E-state index < -0.39 is 0 Å². The number of aliphatic hydroxyl groups is 1. The summed E-state index contributed by atoms with van der Waals surface area (Å²) >= 11 is 0. The lowest BCUT2D eigenvalue weighted by Gasteiger charge is -2.25. The van der Waals surface area contributed by atoms with Crippen LogP contribution in [-0.2, 0) is 0 Å². The summed E-state index contributed by atoms with van der Waals surface area (Å²) in [7, 11) is 0. The van der Waals surface area contributed by atoms with Crippen molar-refractivity contribution in [2.45, 2.75) is 39.3 Å². The molecule has 0 aliphatic rings. The number of hydrogen-bond acceptors (Lipinski definition) is 3. The summed E-state index contributed by atoms with van der Waals surface area (Å²) in [6.45, 7) is 8.62. The number of aliphatic hydroxyl groups excluding tert-OH is 1. The van der Waals surface area contributed by atoms with E-state index in [1.165, 1.54) is 0 Å². The Labute approximate surface area is 75.6 Å². The third-order valence-electron chi connectivity index (χ3n) is 2.16. The van der Waals surface area contributed by atoms with Crippen LogP contribution in [0.2, 0.25) is 0 Å². The molecule has 0 radical (unpaired) electrons. The first-order valence-corrected chi connectivity index (χ1v) is 4.72. The predicted octanol–water partition coefficient (Wildman–Crippen LogP) is 0.426. The van der Waals surface area contributed by atoms with Crippen molar-refractivity contribution in [3.63, 3.8) is 0 Å². The smallest absolute Gasteiger partial charge is 0.0583 e. The van der Waals surface area contributed by atoms with Gasteiger partial charge in [0.2, 0.25) is 0 Å². The first-order valence-electron chi connectivity index (χ1n) is 4.72. The minimum absolute atomic E-state index is 0.0576. The minimum Gasteiger partial charge on any atom is -0.395 e. The summed E-state index contributed by atoms with van der Waals surface area (Å²) in [5, 5.41) is 8.72. The lowest BCUT2D eigenvalue weighted by Crippen LogP contribution is -2.36. The quantitative estimate of drug-likeness (QED) is 0.614. The van der Waals surface area contributed by atoms with Gasteiger partial charge in [-0.25, -0.2) is 0 Å². The summed E-state index contributed by atoms with van der Waals surface area (Å²) in [4.78, 5) is 2.34. The Morgan fingerprint density at radius 3 is 2.33 bits per heavy atom. The zero-order chi connectivity index (χ0) is 9.56. The molecule has 0 aromatic carbocycles. The van der Waals surface area contributed by atoms with Gasteiger partial charge in [-0.2, -0.15) is 0 Å². The fourth-order valence-electron chi connectivity index (χ4n) is 1.20. The van der Waals surface area contributed by atoms with Gasteiger partial charge in [0.25, 0.3) is 0 Å². The fraction of sp³-hybridized carbons (Fsp3) is 1.00. The molecule has 0 bridgehead atoms. The van der Waals surface area contributed by atoms with E-state index in [1.807, 2.05) is 0 Å². The van der Waals surface area contributed by atoms with Crippen LogP contribution >= 0.6 is 0 Å². The summed E-state index contributed by atoms with van der Waals surface area (Å²) in [5.41, 5.74) is 5.60. The molecule has 1 atom stereocenters. The van der Waals surface area contributed by atoms with Crippen LogP contribution in [0.15, 0.2) is 0 Å². The van der Waals surface area contributed by atoms with Crippen LogP contribution < -0.4 is 5.73 Å². The summed E-state index contributed by atoms with van der Waals surface area (Å²) in [5.74, 6) is 0. The molecule has 0 fully saturated rings.